The van der Waals surface area contributed by atoms with Crippen molar-refractivity contribution in [1.82, 2.24) is 34.5 Å². The van der Waals surface area contributed by atoms with Gasteiger partial charge >= 0.3 is 0 Å². The summed E-state index contributed by atoms with van der Waals surface area (Å²) in [5.74, 6) is 1.34. The Hall–Kier alpha value is -5.32. The molecule has 0 spiro atoms. The molecule has 6 aromatic rings. The maximum absolute atomic E-state index is 14.4. The van der Waals surface area contributed by atoms with Crippen molar-refractivity contribution >= 4 is 22.4 Å². The Balaban J connectivity index is 1.56. The summed E-state index contributed by atoms with van der Waals surface area (Å²) in [5.41, 5.74) is 9.76. The number of rotatable bonds is 7. The predicted octanol–water partition coefficient (Wildman–Crippen LogP) is 4.69. The van der Waals surface area contributed by atoms with Gasteiger partial charge in [-0.2, -0.15) is 10.1 Å². The molecule has 0 aliphatic rings. The lowest BCUT2D eigenvalue weighted by molar-refractivity contribution is 0.394. The number of nitrogens with one attached hydrogen (secondary N) is 1. The number of hydrogen-bond acceptors (Lipinski definition) is 9. The van der Waals surface area contributed by atoms with Crippen LogP contribution >= 0.6 is 0 Å². The zero-order chi connectivity index (χ0) is 27.8. The molecule has 0 amide bonds. The average molecular weight is 534 g/mol. The first-order chi connectivity index (χ1) is 19.4. The monoisotopic (exact) mass is 533 g/mol. The van der Waals surface area contributed by atoms with Crippen molar-refractivity contribution in [3.8, 4) is 28.2 Å². The molecule has 40 heavy (non-hydrogen) atoms. The van der Waals surface area contributed by atoms with Crippen molar-refractivity contribution in [2.45, 2.75) is 26.3 Å². The Morgan fingerprint density at radius 3 is 2.62 bits per heavy atom. The van der Waals surface area contributed by atoms with Gasteiger partial charge in [0.2, 0.25) is 11.7 Å². The third-order valence-electron chi connectivity index (χ3n) is 6.81. The van der Waals surface area contributed by atoms with Gasteiger partial charge in [-0.05, 0) is 35.6 Å². The van der Waals surface area contributed by atoms with Gasteiger partial charge < -0.3 is 15.6 Å². The molecule has 2 aromatic carbocycles. The summed E-state index contributed by atoms with van der Waals surface area (Å²) in [7, 11) is 1.86. The first-order valence-corrected chi connectivity index (χ1v) is 12.9. The van der Waals surface area contributed by atoms with Gasteiger partial charge in [-0.15, -0.1) is 0 Å². The molecule has 1 atom stereocenters. The van der Waals surface area contributed by atoms with Gasteiger partial charge in [-0.25, -0.2) is 9.97 Å². The van der Waals surface area contributed by atoms with Crippen molar-refractivity contribution in [1.29, 1.82) is 0 Å². The highest BCUT2D eigenvalue weighted by Gasteiger charge is 2.24. The van der Waals surface area contributed by atoms with Crippen LogP contribution in [0.4, 0.5) is 11.6 Å². The minimum absolute atomic E-state index is 0.130. The van der Waals surface area contributed by atoms with Crippen molar-refractivity contribution in [2.24, 2.45) is 7.05 Å². The van der Waals surface area contributed by atoms with E-state index in [0.29, 0.717) is 29.1 Å². The number of hydrogen-bond donors (Lipinski definition) is 2. The summed E-state index contributed by atoms with van der Waals surface area (Å²) in [5, 5.41) is 13.3. The van der Waals surface area contributed by atoms with Gasteiger partial charge in [0.1, 0.15) is 23.5 Å². The number of aromatic nitrogens is 7. The number of aryl methyl sites for hydroxylation is 2. The number of nitrogen functional groups attached to an aromatic ring is 1. The Morgan fingerprint density at radius 2 is 1.93 bits per heavy atom. The summed E-state index contributed by atoms with van der Waals surface area (Å²) < 4.78 is 8.67. The SMILES string of the molecule is CC[C@H](Nc1ncnc(N)c1-c1noc(C)n1)c1cc2cccc(-c3cnn(C)c3)c2c(=O)n1-c1ccccc1. The highest BCUT2D eigenvalue weighted by atomic mass is 16.5. The van der Waals surface area contributed by atoms with Gasteiger partial charge in [-0.1, -0.05) is 48.5 Å². The minimum Gasteiger partial charge on any atom is -0.383 e. The first-order valence-electron chi connectivity index (χ1n) is 12.9. The zero-order valence-corrected chi connectivity index (χ0v) is 22.2. The third-order valence-corrected chi connectivity index (χ3v) is 6.81. The number of pyridine rings is 1. The average Bonchev–Trinajstić information content (AvgIpc) is 3.59. The minimum atomic E-state index is -0.333. The lowest BCUT2D eigenvalue weighted by Crippen LogP contribution is -2.27. The fourth-order valence-electron chi connectivity index (χ4n) is 4.96. The van der Waals surface area contributed by atoms with Crippen LogP contribution in [0.5, 0.6) is 0 Å². The summed E-state index contributed by atoms with van der Waals surface area (Å²) in [6, 6.07) is 17.2. The number of benzene rings is 2. The summed E-state index contributed by atoms with van der Waals surface area (Å²) in [6.45, 7) is 3.74. The molecule has 0 aliphatic carbocycles. The molecule has 0 radical (unpaired) electrons. The summed E-state index contributed by atoms with van der Waals surface area (Å²) in [6.07, 6.45) is 5.69. The van der Waals surface area contributed by atoms with E-state index < -0.39 is 0 Å². The second-order valence-electron chi connectivity index (χ2n) is 9.44. The van der Waals surface area contributed by atoms with Crippen LogP contribution < -0.4 is 16.6 Å². The number of para-hydroxylation sites is 1. The van der Waals surface area contributed by atoms with Crippen molar-refractivity contribution in [3.63, 3.8) is 0 Å². The van der Waals surface area contributed by atoms with Gasteiger partial charge in [0.05, 0.1) is 17.6 Å². The Morgan fingerprint density at radius 1 is 1.10 bits per heavy atom. The Kier molecular flexibility index (Phi) is 6.31. The third kappa shape index (κ3) is 4.37. The number of anilines is 2. The highest BCUT2D eigenvalue weighted by Crippen LogP contribution is 2.34. The predicted molar refractivity (Wildman–Crippen MR) is 153 cm³/mol. The maximum atomic E-state index is 14.4. The molecule has 200 valence electrons. The van der Waals surface area contributed by atoms with E-state index in [9.17, 15) is 4.79 Å². The lowest BCUT2D eigenvalue weighted by atomic mass is 9.99. The number of nitrogens with zero attached hydrogens (tertiary/aromatic N) is 7. The fraction of sp³-hybridized carbons (Fsp3) is 0.172. The van der Waals surface area contributed by atoms with Crippen LogP contribution in [0.1, 0.15) is 31.0 Å². The molecule has 0 fully saturated rings. The second-order valence-corrected chi connectivity index (χ2v) is 9.44. The molecule has 4 heterocycles. The van der Waals surface area contributed by atoms with E-state index >= 15 is 0 Å². The molecule has 11 nitrogen and oxygen atoms in total. The lowest BCUT2D eigenvalue weighted by Gasteiger charge is -2.24. The van der Waals surface area contributed by atoms with Crippen LogP contribution in [0.15, 0.2) is 82.6 Å². The van der Waals surface area contributed by atoms with Crippen LogP contribution in [0.3, 0.4) is 0 Å². The van der Waals surface area contributed by atoms with Gasteiger partial charge in [0, 0.05) is 37.1 Å². The summed E-state index contributed by atoms with van der Waals surface area (Å²) in [4.78, 5) is 27.3. The Labute approximate surface area is 229 Å². The largest absolute Gasteiger partial charge is 0.383 e. The van der Waals surface area contributed by atoms with E-state index in [0.717, 1.165) is 27.9 Å². The quantitative estimate of drug-likeness (QED) is 0.299. The standard InChI is InChI=1S/C29H27N9O2/c1-4-22(35-27-25(26(30)31-16-32-27)28-34-17(2)40-36-28)23-13-18-9-8-12-21(19-14-33-37(3)15-19)24(18)29(39)38(23)20-10-6-5-7-11-20/h5-16,22H,4H2,1-3H3,(H3,30,31,32,35)/t22-/m0/s1. The van der Waals surface area contributed by atoms with Crippen LogP contribution in [-0.2, 0) is 7.05 Å². The number of nitrogens with two attached hydrogens (primary N) is 1. The molecular weight excluding hydrogens is 506 g/mol. The molecule has 11 heteroatoms. The van der Waals surface area contributed by atoms with E-state index in [1.165, 1.54) is 6.33 Å². The van der Waals surface area contributed by atoms with Crippen LogP contribution in [0.2, 0.25) is 0 Å². The van der Waals surface area contributed by atoms with Crippen molar-refractivity contribution in [2.75, 3.05) is 11.1 Å². The van der Waals surface area contributed by atoms with Crippen LogP contribution in [-0.4, -0.2) is 34.5 Å². The number of fused-ring (bicyclic) bond motifs is 1. The highest BCUT2D eigenvalue weighted by molar-refractivity contribution is 5.96. The van der Waals surface area contributed by atoms with E-state index in [2.05, 4.69) is 30.5 Å². The van der Waals surface area contributed by atoms with Crippen LogP contribution in [0, 0.1) is 6.92 Å². The molecule has 0 unspecified atom stereocenters. The maximum Gasteiger partial charge on any atom is 0.263 e. The van der Waals surface area contributed by atoms with Gasteiger partial charge in [-0.3, -0.25) is 14.0 Å². The van der Waals surface area contributed by atoms with Crippen LogP contribution in [0.25, 0.3) is 39.0 Å². The normalized spacial score (nSPS) is 12.1. The molecule has 3 N–H and O–H groups in total. The second kappa shape index (κ2) is 10.1. The molecule has 0 bridgehead atoms. The molecule has 0 aliphatic heterocycles. The molecule has 4 aromatic heterocycles. The topological polar surface area (TPSA) is 143 Å². The zero-order valence-electron chi connectivity index (χ0n) is 22.2. The summed E-state index contributed by atoms with van der Waals surface area (Å²) >= 11 is 0. The van der Waals surface area contributed by atoms with Gasteiger partial charge in [0.15, 0.2) is 0 Å². The van der Waals surface area contributed by atoms with Gasteiger partial charge in [0.25, 0.3) is 5.56 Å². The van der Waals surface area contributed by atoms with Crippen molar-refractivity contribution < 1.29 is 4.52 Å². The smallest absolute Gasteiger partial charge is 0.263 e. The molecule has 6 rings (SSSR count). The van der Waals surface area contributed by atoms with Crippen molar-refractivity contribution in [3.05, 3.63) is 95.3 Å². The van der Waals surface area contributed by atoms with E-state index in [-0.39, 0.29) is 23.2 Å². The fourth-order valence-corrected chi connectivity index (χ4v) is 4.96. The van der Waals surface area contributed by atoms with E-state index in [1.807, 2.05) is 74.8 Å². The Bertz CT molecular complexity index is 1890. The first kappa shape index (κ1) is 25.0. The molecule has 0 saturated carbocycles. The van der Waals surface area contributed by atoms with E-state index in [1.54, 1.807) is 22.4 Å². The molecule has 0 saturated heterocycles. The van der Waals surface area contributed by atoms with E-state index in [4.69, 9.17) is 10.3 Å². The molecular formula is C29H27N9O2.